The number of hydrogen-bond acceptors (Lipinski definition) is 14. The highest BCUT2D eigenvalue weighted by Gasteiger charge is 2.17. The monoisotopic (exact) mass is 618 g/mol. The topological polar surface area (TPSA) is 153 Å². The van der Waals surface area contributed by atoms with E-state index in [9.17, 15) is 14.4 Å². The van der Waals surface area contributed by atoms with Gasteiger partial charge in [-0.2, -0.15) is 0 Å². The molecule has 43 heavy (non-hydrogen) atoms. The van der Waals surface area contributed by atoms with Gasteiger partial charge in [-0.15, -0.1) is 0 Å². The summed E-state index contributed by atoms with van der Waals surface area (Å²) >= 11 is 0. The van der Waals surface area contributed by atoms with Gasteiger partial charge in [0.1, 0.15) is 13.2 Å². The molecule has 0 aromatic heterocycles. The lowest BCUT2D eigenvalue weighted by atomic mass is 10.1. The van der Waals surface area contributed by atoms with Gasteiger partial charge in [-0.1, -0.05) is 30.3 Å². The van der Waals surface area contributed by atoms with Crippen LogP contribution in [0.25, 0.3) is 0 Å². The fourth-order valence-electron chi connectivity index (χ4n) is 2.94. The molecule has 0 spiro atoms. The van der Waals surface area contributed by atoms with Crippen molar-refractivity contribution in [3.8, 4) is 0 Å². The highest BCUT2D eigenvalue weighted by Crippen LogP contribution is 2.01. The molecule has 0 unspecified atom stereocenters. The van der Waals surface area contributed by atoms with E-state index in [1.807, 2.05) is 0 Å². The third-order valence-electron chi connectivity index (χ3n) is 5.11. The first-order valence-electron chi connectivity index (χ1n) is 14.2. The van der Waals surface area contributed by atoms with Gasteiger partial charge in [-0.3, -0.25) is 4.79 Å². The number of benzene rings is 1. The highest BCUT2D eigenvalue weighted by molar-refractivity contribution is 6.40. The second kappa shape index (κ2) is 29.5. The second-order valence-electron chi connectivity index (χ2n) is 8.36. The SMILES string of the molecule is COC(=O)COCCOCCOCCOCCOCCOCCOCCOCCOCCOC(=O)C(=O)c1ccccc1. The molecule has 0 aliphatic carbocycles. The van der Waals surface area contributed by atoms with Crippen LogP contribution in [0, 0.1) is 0 Å². The van der Waals surface area contributed by atoms with Crippen LogP contribution in [0.4, 0.5) is 0 Å². The van der Waals surface area contributed by atoms with Crippen LogP contribution < -0.4 is 0 Å². The number of rotatable bonds is 31. The van der Waals surface area contributed by atoms with Crippen LogP contribution in [-0.4, -0.2) is 150 Å². The average Bonchev–Trinajstić information content (AvgIpc) is 3.03. The third-order valence-corrected chi connectivity index (χ3v) is 5.11. The van der Waals surface area contributed by atoms with Gasteiger partial charge in [0.15, 0.2) is 0 Å². The Morgan fingerprint density at radius 1 is 0.465 bits per heavy atom. The zero-order chi connectivity index (χ0) is 31.1. The normalized spacial score (nSPS) is 11.0. The molecule has 0 fully saturated rings. The summed E-state index contributed by atoms with van der Waals surface area (Å²) < 4.78 is 57.5. The number of carbonyl (C=O) groups is 3. The molecular formula is C29H46O14. The van der Waals surface area contributed by atoms with Gasteiger partial charge < -0.3 is 52.1 Å². The lowest BCUT2D eigenvalue weighted by Crippen LogP contribution is -2.20. The molecule has 0 radical (unpaired) electrons. The molecule has 14 nitrogen and oxygen atoms in total. The van der Waals surface area contributed by atoms with Crippen molar-refractivity contribution in [1.29, 1.82) is 0 Å². The van der Waals surface area contributed by atoms with E-state index in [2.05, 4.69) is 4.74 Å². The van der Waals surface area contributed by atoms with Gasteiger partial charge in [0, 0.05) is 5.56 Å². The Kier molecular flexibility index (Phi) is 26.4. The van der Waals surface area contributed by atoms with E-state index in [0.29, 0.717) is 111 Å². The zero-order valence-electron chi connectivity index (χ0n) is 25.0. The van der Waals surface area contributed by atoms with Crippen molar-refractivity contribution in [2.75, 3.05) is 133 Å². The van der Waals surface area contributed by atoms with E-state index in [0.717, 1.165) is 0 Å². The van der Waals surface area contributed by atoms with Gasteiger partial charge in [0.25, 0.3) is 5.78 Å². The minimum atomic E-state index is -0.901. The maximum absolute atomic E-state index is 11.9. The van der Waals surface area contributed by atoms with Gasteiger partial charge in [-0.05, 0) is 0 Å². The number of hydrogen-bond donors (Lipinski definition) is 0. The quantitative estimate of drug-likeness (QED) is 0.0497. The van der Waals surface area contributed by atoms with Crippen LogP contribution in [0.3, 0.4) is 0 Å². The Labute approximate surface area is 253 Å². The molecule has 0 aliphatic heterocycles. The van der Waals surface area contributed by atoms with E-state index in [4.69, 9.17) is 47.4 Å². The number of methoxy groups -OCH3 is 1. The van der Waals surface area contributed by atoms with Gasteiger partial charge in [0.05, 0.1) is 119 Å². The molecule has 0 saturated heterocycles. The summed E-state index contributed by atoms with van der Waals surface area (Å²) in [6, 6.07) is 8.24. The molecule has 1 aromatic rings. The smallest absolute Gasteiger partial charge is 0.379 e. The fraction of sp³-hybridized carbons (Fsp3) is 0.690. The lowest BCUT2D eigenvalue weighted by Gasteiger charge is -2.09. The number of esters is 2. The molecule has 0 amide bonds. The van der Waals surface area contributed by atoms with Crippen molar-refractivity contribution in [3.05, 3.63) is 35.9 Å². The van der Waals surface area contributed by atoms with Crippen LogP contribution in [-0.2, 0) is 61.7 Å². The second-order valence-corrected chi connectivity index (χ2v) is 8.36. The molecule has 0 saturated carbocycles. The first-order valence-corrected chi connectivity index (χ1v) is 14.2. The maximum atomic E-state index is 11.9. The predicted molar refractivity (Wildman–Crippen MR) is 151 cm³/mol. The highest BCUT2D eigenvalue weighted by atomic mass is 16.6. The minimum Gasteiger partial charge on any atom is -0.467 e. The molecule has 14 heteroatoms. The van der Waals surface area contributed by atoms with E-state index >= 15 is 0 Å². The Morgan fingerprint density at radius 2 is 0.791 bits per heavy atom. The number of carbonyl (C=O) groups excluding carboxylic acids is 3. The molecule has 0 aliphatic rings. The summed E-state index contributed by atoms with van der Waals surface area (Å²) in [6.07, 6.45) is 0. The van der Waals surface area contributed by atoms with Crippen LogP contribution in [0.5, 0.6) is 0 Å². The third kappa shape index (κ3) is 24.6. The minimum absolute atomic E-state index is 0.00657. The maximum Gasteiger partial charge on any atom is 0.379 e. The molecule has 1 rings (SSSR count). The van der Waals surface area contributed by atoms with Crippen LogP contribution in [0.1, 0.15) is 10.4 Å². The number of ether oxygens (including phenoxy) is 11. The van der Waals surface area contributed by atoms with Crippen molar-refractivity contribution in [1.82, 2.24) is 0 Å². The molecule has 0 heterocycles. The Balaban J connectivity index is 1.69. The van der Waals surface area contributed by atoms with E-state index in [1.165, 1.54) is 7.11 Å². The molecule has 0 bridgehead atoms. The molecule has 1 aromatic carbocycles. The molecular weight excluding hydrogens is 572 g/mol. The summed E-state index contributed by atoms with van der Waals surface area (Å²) in [5, 5.41) is 0. The first kappa shape index (κ1) is 38.5. The van der Waals surface area contributed by atoms with E-state index in [-0.39, 0.29) is 19.8 Å². The van der Waals surface area contributed by atoms with Crippen molar-refractivity contribution in [2.45, 2.75) is 0 Å². The standard InChI is InChI=1S/C29H46O14/c1-33-27(30)25-42-22-21-40-18-17-38-14-13-36-10-9-34-7-8-35-11-12-37-15-16-39-19-20-41-23-24-43-29(32)28(31)26-5-3-2-4-6-26/h2-6H,7-25H2,1H3. The summed E-state index contributed by atoms with van der Waals surface area (Å²) in [5.41, 5.74) is 0.292. The van der Waals surface area contributed by atoms with Crippen molar-refractivity contribution < 1.29 is 66.5 Å². The molecule has 0 N–H and O–H groups in total. The summed E-state index contributed by atoms with van der Waals surface area (Å²) in [7, 11) is 1.31. The van der Waals surface area contributed by atoms with Gasteiger partial charge >= 0.3 is 11.9 Å². The fourth-order valence-corrected chi connectivity index (χ4v) is 2.94. The summed E-state index contributed by atoms with van der Waals surface area (Å²) in [5.74, 6) is -2.00. The Bertz CT molecular complexity index is 808. The van der Waals surface area contributed by atoms with Crippen LogP contribution in [0.2, 0.25) is 0 Å². The largest absolute Gasteiger partial charge is 0.467 e. The summed E-state index contributed by atoms with van der Waals surface area (Å²) in [4.78, 5) is 34.4. The molecule has 0 atom stereocenters. The van der Waals surface area contributed by atoms with Gasteiger partial charge in [0.2, 0.25) is 0 Å². The lowest BCUT2D eigenvalue weighted by molar-refractivity contribution is -0.146. The van der Waals surface area contributed by atoms with Crippen LogP contribution >= 0.6 is 0 Å². The Morgan fingerprint density at radius 3 is 1.14 bits per heavy atom. The zero-order valence-corrected chi connectivity index (χ0v) is 25.0. The Hall–Kier alpha value is -2.53. The average molecular weight is 619 g/mol. The van der Waals surface area contributed by atoms with E-state index in [1.54, 1.807) is 30.3 Å². The molecule has 246 valence electrons. The number of ketones is 1. The van der Waals surface area contributed by atoms with Crippen LogP contribution in [0.15, 0.2) is 30.3 Å². The number of Topliss-reactive ketones (excluding diaryl/α,β-unsaturated/α-hetero) is 1. The van der Waals surface area contributed by atoms with Crippen molar-refractivity contribution in [2.24, 2.45) is 0 Å². The first-order chi connectivity index (χ1) is 21.1. The predicted octanol–water partition coefficient (Wildman–Crippen LogP) is 0.735. The van der Waals surface area contributed by atoms with Crippen molar-refractivity contribution >= 4 is 17.7 Å². The van der Waals surface area contributed by atoms with Crippen molar-refractivity contribution in [3.63, 3.8) is 0 Å². The summed E-state index contributed by atoms with van der Waals surface area (Å²) in [6.45, 7) is 6.91. The van der Waals surface area contributed by atoms with Gasteiger partial charge in [-0.25, -0.2) is 9.59 Å². The van der Waals surface area contributed by atoms with E-state index < -0.39 is 17.7 Å².